The maximum Gasteiger partial charge on any atom is 0.262 e. The SMILES string of the molecule is CC(C)CC(CO)NC(=O)c1ccc2c(c1)OCC(=O)N2. The van der Waals surface area contributed by atoms with Crippen LogP contribution in [0.25, 0.3) is 0 Å². The highest BCUT2D eigenvalue weighted by Gasteiger charge is 2.19. The maximum atomic E-state index is 12.2. The number of fused-ring (bicyclic) bond motifs is 1. The van der Waals surface area contributed by atoms with E-state index in [0.29, 0.717) is 29.3 Å². The summed E-state index contributed by atoms with van der Waals surface area (Å²) in [5.41, 5.74) is 0.996. The summed E-state index contributed by atoms with van der Waals surface area (Å²) in [5.74, 6) is 0.381. The third-order valence-corrected chi connectivity index (χ3v) is 3.19. The van der Waals surface area contributed by atoms with Crippen molar-refractivity contribution in [2.45, 2.75) is 26.3 Å². The largest absolute Gasteiger partial charge is 0.482 e. The lowest BCUT2D eigenvalue weighted by Gasteiger charge is -2.20. The van der Waals surface area contributed by atoms with Crippen molar-refractivity contribution in [2.75, 3.05) is 18.5 Å². The second-order valence-electron chi connectivity index (χ2n) is 5.53. The van der Waals surface area contributed by atoms with Crippen LogP contribution in [0.4, 0.5) is 5.69 Å². The number of anilines is 1. The molecule has 3 N–H and O–H groups in total. The summed E-state index contributed by atoms with van der Waals surface area (Å²) in [7, 11) is 0. The second-order valence-corrected chi connectivity index (χ2v) is 5.53. The van der Waals surface area contributed by atoms with Crippen LogP contribution < -0.4 is 15.4 Å². The monoisotopic (exact) mass is 292 g/mol. The second kappa shape index (κ2) is 6.58. The van der Waals surface area contributed by atoms with Crippen LogP contribution in [0.1, 0.15) is 30.6 Å². The molecule has 2 amide bonds. The van der Waals surface area contributed by atoms with Gasteiger partial charge in [0.2, 0.25) is 0 Å². The van der Waals surface area contributed by atoms with E-state index in [1.807, 2.05) is 13.8 Å². The quantitative estimate of drug-likeness (QED) is 0.760. The number of amides is 2. The Morgan fingerprint density at radius 2 is 2.24 bits per heavy atom. The van der Waals surface area contributed by atoms with E-state index in [1.54, 1.807) is 18.2 Å². The zero-order chi connectivity index (χ0) is 15.4. The van der Waals surface area contributed by atoms with Crippen molar-refractivity contribution in [2.24, 2.45) is 5.92 Å². The van der Waals surface area contributed by atoms with E-state index in [2.05, 4.69) is 10.6 Å². The first-order chi connectivity index (χ1) is 9.99. The van der Waals surface area contributed by atoms with Gasteiger partial charge in [0.15, 0.2) is 6.61 Å². The molecule has 21 heavy (non-hydrogen) atoms. The molecule has 114 valence electrons. The molecule has 1 atom stereocenters. The van der Waals surface area contributed by atoms with Gasteiger partial charge in [-0.3, -0.25) is 9.59 Å². The van der Waals surface area contributed by atoms with Crippen LogP contribution in [0.5, 0.6) is 5.75 Å². The van der Waals surface area contributed by atoms with Crippen LogP contribution in [0.2, 0.25) is 0 Å². The first-order valence-electron chi connectivity index (χ1n) is 6.98. The van der Waals surface area contributed by atoms with Gasteiger partial charge in [0, 0.05) is 5.56 Å². The highest BCUT2D eigenvalue weighted by Crippen LogP contribution is 2.28. The Kier molecular flexibility index (Phi) is 4.80. The minimum absolute atomic E-state index is 0.0509. The molecule has 0 bridgehead atoms. The number of nitrogens with one attached hydrogen (secondary N) is 2. The summed E-state index contributed by atoms with van der Waals surface area (Å²) in [6.07, 6.45) is 0.708. The van der Waals surface area contributed by atoms with E-state index in [1.165, 1.54) is 0 Å². The summed E-state index contributed by atoms with van der Waals surface area (Å²) >= 11 is 0. The maximum absolute atomic E-state index is 12.2. The average Bonchev–Trinajstić information content (AvgIpc) is 2.45. The molecule has 0 fully saturated rings. The number of benzene rings is 1. The average molecular weight is 292 g/mol. The van der Waals surface area contributed by atoms with Crippen molar-refractivity contribution in [3.05, 3.63) is 23.8 Å². The van der Waals surface area contributed by atoms with Gasteiger partial charge in [-0.05, 0) is 30.5 Å². The van der Waals surface area contributed by atoms with Crippen LogP contribution in [0.15, 0.2) is 18.2 Å². The molecule has 0 saturated heterocycles. The number of aliphatic hydroxyl groups excluding tert-OH is 1. The van der Waals surface area contributed by atoms with Crippen LogP contribution >= 0.6 is 0 Å². The molecule has 1 aliphatic rings. The molecule has 1 aromatic carbocycles. The van der Waals surface area contributed by atoms with Gasteiger partial charge in [0.1, 0.15) is 5.75 Å². The van der Waals surface area contributed by atoms with Gasteiger partial charge in [-0.1, -0.05) is 13.8 Å². The van der Waals surface area contributed by atoms with Crippen LogP contribution in [0.3, 0.4) is 0 Å². The lowest BCUT2D eigenvalue weighted by Crippen LogP contribution is -2.38. The summed E-state index contributed by atoms with van der Waals surface area (Å²) in [6, 6.07) is 4.58. The number of ether oxygens (including phenoxy) is 1. The predicted molar refractivity (Wildman–Crippen MR) is 78.4 cm³/mol. The number of hydrogen-bond acceptors (Lipinski definition) is 4. The Balaban J connectivity index is 2.07. The van der Waals surface area contributed by atoms with Gasteiger partial charge >= 0.3 is 0 Å². The topological polar surface area (TPSA) is 87.7 Å². The third kappa shape index (κ3) is 3.95. The molecule has 6 nitrogen and oxygen atoms in total. The fraction of sp³-hybridized carbons (Fsp3) is 0.467. The first-order valence-corrected chi connectivity index (χ1v) is 6.98. The number of hydrogen-bond donors (Lipinski definition) is 3. The fourth-order valence-electron chi connectivity index (χ4n) is 2.23. The van der Waals surface area contributed by atoms with Crippen molar-refractivity contribution < 1.29 is 19.4 Å². The van der Waals surface area contributed by atoms with Crippen molar-refractivity contribution >= 4 is 17.5 Å². The minimum atomic E-state index is -0.269. The van der Waals surface area contributed by atoms with Gasteiger partial charge in [-0.2, -0.15) is 0 Å². The zero-order valence-corrected chi connectivity index (χ0v) is 12.2. The van der Waals surface area contributed by atoms with Crippen molar-refractivity contribution in [1.29, 1.82) is 0 Å². The molecular weight excluding hydrogens is 272 g/mol. The van der Waals surface area contributed by atoms with Gasteiger partial charge in [0.25, 0.3) is 11.8 Å². The number of carbonyl (C=O) groups is 2. The third-order valence-electron chi connectivity index (χ3n) is 3.19. The standard InChI is InChI=1S/C15H20N2O4/c1-9(2)5-11(7-18)16-15(20)10-3-4-12-13(6-10)21-8-14(19)17-12/h3-4,6,9,11,18H,5,7-8H2,1-2H3,(H,16,20)(H,17,19). The van der Waals surface area contributed by atoms with Gasteiger partial charge in [-0.25, -0.2) is 0 Å². The molecule has 1 aromatic rings. The van der Waals surface area contributed by atoms with Crippen molar-refractivity contribution in [3.63, 3.8) is 0 Å². The lowest BCUT2D eigenvalue weighted by molar-refractivity contribution is -0.118. The molecular formula is C15H20N2O4. The Morgan fingerprint density at radius 3 is 2.90 bits per heavy atom. The number of aliphatic hydroxyl groups is 1. The van der Waals surface area contributed by atoms with Crippen LogP contribution in [-0.4, -0.2) is 36.2 Å². The molecule has 0 spiro atoms. The Bertz CT molecular complexity index is 542. The molecule has 0 aromatic heterocycles. The van der Waals surface area contributed by atoms with Gasteiger partial charge in [-0.15, -0.1) is 0 Å². The minimum Gasteiger partial charge on any atom is -0.482 e. The molecule has 0 aliphatic carbocycles. The van der Waals surface area contributed by atoms with E-state index >= 15 is 0 Å². The summed E-state index contributed by atoms with van der Waals surface area (Å²) < 4.78 is 5.28. The van der Waals surface area contributed by atoms with E-state index in [0.717, 1.165) is 0 Å². The Labute approximate surface area is 123 Å². The summed E-state index contributed by atoms with van der Waals surface area (Å²) in [6.45, 7) is 3.92. The molecule has 1 unspecified atom stereocenters. The fourth-order valence-corrected chi connectivity index (χ4v) is 2.23. The summed E-state index contributed by atoms with van der Waals surface area (Å²) in [4.78, 5) is 23.4. The molecule has 1 heterocycles. The normalized spacial score (nSPS) is 15.0. The molecule has 0 radical (unpaired) electrons. The highest BCUT2D eigenvalue weighted by molar-refractivity contribution is 5.99. The van der Waals surface area contributed by atoms with E-state index in [4.69, 9.17) is 4.74 Å². The smallest absolute Gasteiger partial charge is 0.262 e. The lowest BCUT2D eigenvalue weighted by atomic mass is 10.0. The van der Waals surface area contributed by atoms with Gasteiger partial charge < -0.3 is 20.5 Å². The van der Waals surface area contributed by atoms with Crippen LogP contribution in [-0.2, 0) is 4.79 Å². The van der Waals surface area contributed by atoms with E-state index in [-0.39, 0.29) is 31.1 Å². The molecule has 2 rings (SSSR count). The van der Waals surface area contributed by atoms with E-state index in [9.17, 15) is 14.7 Å². The Hall–Kier alpha value is -2.08. The number of rotatable bonds is 5. The van der Waals surface area contributed by atoms with Crippen molar-refractivity contribution in [1.82, 2.24) is 5.32 Å². The van der Waals surface area contributed by atoms with Crippen LogP contribution in [0, 0.1) is 5.92 Å². The number of carbonyl (C=O) groups excluding carboxylic acids is 2. The summed E-state index contributed by atoms with van der Waals surface area (Å²) in [5, 5.41) is 14.8. The molecule has 1 aliphatic heterocycles. The van der Waals surface area contributed by atoms with Crippen molar-refractivity contribution in [3.8, 4) is 5.75 Å². The predicted octanol–water partition coefficient (Wildman–Crippen LogP) is 1.15. The zero-order valence-electron chi connectivity index (χ0n) is 12.2. The molecule has 6 heteroatoms. The van der Waals surface area contributed by atoms with E-state index < -0.39 is 0 Å². The first kappa shape index (κ1) is 15.3. The Morgan fingerprint density at radius 1 is 1.48 bits per heavy atom. The molecule has 0 saturated carbocycles. The highest BCUT2D eigenvalue weighted by atomic mass is 16.5. The van der Waals surface area contributed by atoms with Gasteiger partial charge in [0.05, 0.1) is 18.3 Å².